The highest BCUT2D eigenvalue weighted by atomic mass is 16.5. The summed E-state index contributed by atoms with van der Waals surface area (Å²) in [7, 11) is 4.48. The maximum absolute atomic E-state index is 12.9. The van der Waals surface area contributed by atoms with Crippen LogP contribution in [0, 0.1) is 0 Å². The van der Waals surface area contributed by atoms with Gasteiger partial charge in [0.25, 0.3) is 5.56 Å². The summed E-state index contributed by atoms with van der Waals surface area (Å²) in [5.41, 5.74) is 1.88. The smallest absolute Gasteiger partial charge is 0.280 e. The molecule has 7 heteroatoms. The SMILES string of the molecule is COc1cc2c(=O)n(N)c(-c3ccc(C(C)(C)C)cc3)nc2c(OC)c1OC. The van der Waals surface area contributed by atoms with Crippen LogP contribution in [0.15, 0.2) is 35.1 Å². The zero-order valence-corrected chi connectivity index (χ0v) is 17.0. The number of benzene rings is 2. The largest absolute Gasteiger partial charge is 0.493 e. The molecule has 0 amide bonds. The Balaban J connectivity index is 2.31. The van der Waals surface area contributed by atoms with Crippen LogP contribution in [0.4, 0.5) is 0 Å². The molecule has 0 saturated carbocycles. The van der Waals surface area contributed by atoms with E-state index in [9.17, 15) is 4.79 Å². The Morgan fingerprint density at radius 1 is 0.964 bits per heavy atom. The number of fused-ring (bicyclic) bond motifs is 1. The van der Waals surface area contributed by atoms with Gasteiger partial charge < -0.3 is 20.1 Å². The van der Waals surface area contributed by atoms with Gasteiger partial charge >= 0.3 is 0 Å². The molecule has 3 rings (SSSR count). The van der Waals surface area contributed by atoms with Crippen LogP contribution >= 0.6 is 0 Å². The summed E-state index contributed by atoms with van der Waals surface area (Å²) >= 11 is 0. The molecule has 0 atom stereocenters. The molecule has 0 fully saturated rings. The summed E-state index contributed by atoms with van der Waals surface area (Å²) < 4.78 is 17.3. The average molecular weight is 383 g/mol. The third-order valence-electron chi connectivity index (χ3n) is 4.71. The fraction of sp³-hybridized carbons (Fsp3) is 0.333. The molecule has 0 spiro atoms. The molecule has 0 aliphatic rings. The summed E-state index contributed by atoms with van der Waals surface area (Å²) in [6.07, 6.45) is 0. The summed E-state index contributed by atoms with van der Waals surface area (Å²) in [6, 6.07) is 9.40. The lowest BCUT2D eigenvalue weighted by Gasteiger charge is -2.19. The molecular weight excluding hydrogens is 358 g/mol. The van der Waals surface area contributed by atoms with Gasteiger partial charge in [0.05, 0.1) is 26.7 Å². The number of rotatable bonds is 4. The van der Waals surface area contributed by atoms with E-state index in [4.69, 9.17) is 20.1 Å². The van der Waals surface area contributed by atoms with E-state index in [1.807, 2.05) is 24.3 Å². The first-order valence-electron chi connectivity index (χ1n) is 8.84. The number of hydrogen-bond donors (Lipinski definition) is 1. The first-order valence-corrected chi connectivity index (χ1v) is 8.84. The minimum Gasteiger partial charge on any atom is -0.493 e. The van der Waals surface area contributed by atoms with E-state index in [-0.39, 0.29) is 10.8 Å². The van der Waals surface area contributed by atoms with Gasteiger partial charge in [0.2, 0.25) is 5.75 Å². The molecule has 28 heavy (non-hydrogen) atoms. The number of nitrogen functional groups attached to an aromatic ring is 1. The number of hydrogen-bond acceptors (Lipinski definition) is 6. The molecule has 0 unspecified atom stereocenters. The van der Waals surface area contributed by atoms with Crippen LogP contribution in [0.25, 0.3) is 22.3 Å². The molecule has 0 aliphatic heterocycles. The molecule has 0 aliphatic carbocycles. The number of ether oxygens (including phenoxy) is 3. The molecule has 148 valence electrons. The van der Waals surface area contributed by atoms with Crippen LogP contribution in [0.2, 0.25) is 0 Å². The molecule has 1 heterocycles. The predicted molar refractivity (Wildman–Crippen MR) is 110 cm³/mol. The zero-order valence-electron chi connectivity index (χ0n) is 17.0. The molecule has 7 nitrogen and oxygen atoms in total. The lowest BCUT2D eigenvalue weighted by atomic mass is 9.86. The summed E-state index contributed by atoms with van der Waals surface area (Å²) in [5, 5.41) is 0.284. The highest BCUT2D eigenvalue weighted by Crippen LogP contribution is 2.42. The van der Waals surface area contributed by atoms with Crippen molar-refractivity contribution in [1.29, 1.82) is 0 Å². The van der Waals surface area contributed by atoms with Crippen LogP contribution in [0.3, 0.4) is 0 Å². The fourth-order valence-corrected chi connectivity index (χ4v) is 3.12. The van der Waals surface area contributed by atoms with Crippen LogP contribution in [-0.4, -0.2) is 31.0 Å². The average Bonchev–Trinajstić information content (AvgIpc) is 2.68. The topological polar surface area (TPSA) is 88.6 Å². The molecular formula is C21H25N3O4. The van der Waals surface area contributed by atoms with Crippen molar-refractivity contribution in [2.75, 3.05) is 27.2 Å². The van der Waals surface area contributed by atoms with E-state index < -0.39 is 5.56 Å². The van der Waals surface area contributed by atoms with Crippen molar-refractivity contribution in [3.63, 3.8) is 0 Å². The first-order chi connectivity index (χ1) is 13.2. The highest BCUT2D eigenvalue weighted by Gasteiger charge is 2.22. The Morgan fingerprint density at radius 2 is 1.57 bits per heavy atom. The third kappa shape index (κ3) is 3.13. The zero-order chi connectivity index (χ0) is 20.6. The second-order valence-electron chi connectivity index (χ2n) is 7.48. The monoisotopic (exact) mass is 383 g/mol. The maximum Gasteiger partial charge on any atom is 0.280 e. The summed E-state index contributed by atoms with van der Waals surface area (Å²) in [6.45, 7) is 6.42. The maximum atomic E-state index is 12.9. The quantitative estimate of drug-likeness (QED) is 0.697. The second-order valence-corrected chi connectivity index (χ2v) is 7.48. The van der Waals surface area contributed by atoms with Crippen molar-refractivity contribution in [3.05, 3.63) is 46.2 Å². The molecule has 2 aromatic carbocycles. The minimum atomic E-state index is -0.404. The van der Waals surface area contributed by atoms with Crippen molar-refractivity contribution in [3.8, 4) is 28.6 Å². The fourth-order valence-electron chi connectivity index (χ4n) is 3.12. The van der Waals surface area contributed by atoms with Crippen LogP contribution in [-0.2, 0) is 5.41 Å². The molecule has 0 bridgehead atoms. The van der Waals surface area contributed by atoms with E-state index in [1.165, 1.54) is 26.9 Å². The Kier molecular flexibility index (Phi) is 4.93. The molecule has 0 radical (unpaired) electrons. The number of aromatic nitrogens is 2. The lowest BCUT2D eigenvalue weighted by Crippen LogP contribution is -2.30. The number of nitrogens with zero attached hydrogens (tertiary/aromatic N) is 2. The summed E-state index contributed by atoms with van der Waals surface area (Å²) in [4.78, 5) is 17.6. The van der Waals surface area contributed by atoms with Crippen molar-refractivity contribution < 1.29 is 14.2 Å². The van der Waals surface area contributed by atoms with Gasteiger partial charge in [-0.3, -0.25) is 4.79 Å². The van der Waals surface area contributed by atoms with Gasteiger partial charge in [-0.2, -0.15) is 0 Å². The van der Waals surface area contributed by atoms with Gasteiger partial charge in [-0.1, -0.05) is 45.0 Å². The van der Waals surface area contributed by atoms with E-state index in [0.29, 0.717) is 28.6 Å². The summed E-state index contributed by atoms with van der Waals surface area (Å²) in [5.74, 6) is 7.48. The van der Waals surface area contributed by atoms with Crippen molar-refractivity contribution in [2.45, 2.75) is 26.2 Å². The number of methoxy groups -OCH3 is 3. The van der Waals surface area contributed by atoms with Gasteiger partial charge in [-0.25, -0.2) is 9.66 Å². The van der Waals surface area contributed by atoms with E-state index in [1.54, 1.807) is 6.07 Å². The second kappa shape index (κ2) is 7.07. The van der Waals surface area contributed by atoms with Gasteiger partial charge in [-0.15, -0.1) is 0 Å². The number of nitrogens with two attached hydrogens (primary N) is 1. The van der Waals surface area contributed by atoms with E-state index in [2.05, 4.69) is 25.8 Å². The van der Waals surface area contributed by atoms with Gasteiger partial charge in [0.15, 0.2) is 17.3 Å². The predicted octanol–water partition coefficient (Wildman–Crippen LogP) is 3.10. The normalized spacial score (nSPS) is 11.5. The van der Waals surface area contributed by atoms with Gasteiger partial charge in [-0.05, 0) is 17.0 Å². The Hall–Kier alpha value is -3.22. The van der Waals surface area contributed by atoms with Gasteiger partial charge in [0, 0.05) is 5.56 Å². The van der Waals surface area contributed by atoms with Crippen LogP contribution < -0.4 is 25.6 Å². The van der Waals surface area contributed by atoms with Crippen molar-refractivity contribution in [1.82, 2.24) is 9.66 Å². The Labute approximate surface area is 163 Å². The standard InChI is InChI=1S/C21H25N3O4/c1-21(2,3)13-9-7-12(8-10-13)19-23-16-14(20(25)24(19)22)11-15(26-4)17(27-5)18(16)28-6/h7-11H,22H2,1-6H3. The van der Waals surface area contributed by atoms with Crippen molar-refractivity contribution >= 4 is 10.9 Å². The Morgan fingerprint density at radius 3 is 2.07 bits per heavy atom. The van der Waals surface area contributed by atoms with E-state index >= 15 is 0 Å². The third-order valence-corrected chi connectivity index (χ3v) is 4.71. The Bertz CT molecular complexity index is 1080. The molecule has 1 aromatic heterocycles. The van der Waals surface area contributed by atoms with Crippen molar-refractivity contribution in [2.24, 2.45) is 0 Å². The van der Waals surface area contributed by atoms with Crippen LogP contribution in [0.1, 0.15) is 26.3 Å². The van der Waals surface area contributed by atoms with E-state index in [0.717, 1.165) is 10.2 Å². The first kappa shape index (κ1) is 19.5. The minimum absolute atomic E-state index is 0.0187. The molecule has 3 aromatic rings. The highest BCUT2D eigenvalue weighted by molar-refractivity contribution is 5.90. The van der Waals surface area contributed by atoms with Gasteiger partial charge in [0.1, 0.15) is 5.52 Å². The lowest BCUT2D eigenvalue weighted by molar-refractivity contribution is 0.327. The molecule has 2 N–H and O–H groups in total. The van der Waals surface area contributed by atoms with Crippen LogP contribution in [0.5, 0.6) is 17.2 Å². The molecule has 0 saturated heterocycles.